The first-order chi connectivity index (χ1) is 16.2. The van der Waals surface area contributed by atoms with Crippen LogP contribution in [0.2, 0.25) is 0 Å². The Balaban J connectivity index is 1.36. The fraction of sp³-hybridized carbons (Fsp3) is 0.417. The molecule has 0 spiro atoms. The van der Waals surface area contributed by atoms with Crippen molar-refractivity contribution in [3.05, 3.63) is 36.4 Å². The van der Waals surface area contributed by atoms with Gasteiger partial charge in [-0.15, -0.1) is 0 Å². The number of benzene rings is 1. The molecular formula is C24H27F2N7O. The molecule has 0 radical (unpaired) electrons. The van der Waals surface area contributed by atoms with E-state index in [0.29, 0.717) is 34.9 Å². The third-order valence-corrected chi connectivity index (χ3v) is 6.49. The van der Waals surface area contributed by atoms with Crippen LogP contribution in [0.5, 0.6) is 0 Å². The molecule has 3 aromatic heterocycles. The number of halogens is 2. The maximum atomic E-state index is 13.1. The highest BCUT2D eigenvalue weighted by atomic mass is 19.3. The monoisotopic (exact) mass is 467 g/mol. The molecule has 4 aromatic rings. The summed E-state index contributed by atoms with van der Waals surface area (Å²) in [6.07, 6.45) is 3.25. The summed E-state index contributed by atoms with van der Waals surface area (Å²) in [7, 11) is 0. The van der Waals surface area contributed by atoms with Crippen molar-refractivity contribution < 1.29 is 13.6 Å². The quantitative estimate of drug-likeness (QED) is 0.374. The number of carbonyl (C=O) groups is 1. The summed E-state index contributed by atoms with van der Waals surface area (Å²) in [5.74, 6) is 1.14. The number of carbonyl (C=O) groups excluding carboxylic acids is 1. The van der Waals surface area contributed by atoms with Crippen molar-refractivity contribution >= 4 is 33.9 Å². The number of imidazole rings is 1. The zero-order valence-electron chi connectivity index (χ0n) is 19.3. The summed E-state index contributed by atoms with van der Waals surface area (Å²) in [6, 6.07) is 5.84. The molecule has 178 valence electrons. The van der Waals surface area contributed by atoms with Gasteiger partial charge in [0.15, 0.2) is 0 Å². The van der Waals surface area contributed by atoms with Crippen molar-refractivity contribution in [3.8, 4) is 11.1 Å². The van der Waals surface area contributed by atoms with Gasteiger partial charge in [0.1, 0.15) is 11.5 Å². The molecule has 34 heavy (non-hydrogen) atoms. The molecule has 1 aliphatic carbocycles. The predicted molar refractivity (Wildman–Crippen MR) is 127 cm³/mol. The second kappa shape index (κ2) is 8.34. The van der Waals surface area contributed by atoms with E-state index in [-0.39, 0.29) is 24.0 Å². The molecule has 1 aromatic carbocycles. The van der Waals surface area contributed by atoms with Crippen molar-refractivity contribution in [1.29, 1.82) is 0 Å². The van der Waals surface area contributed by atoms with E-state index in [0.717, 1.165) is 29.4 Å². The molecule has 0 saturated heterocycles. The second-order valence-electron chi connectivity index (χ2n) is 9.23. The van der Waals surface area contributed by atoms with E-state index in [9.17, 15) is 13.6 Å². The van der Waals surface area contributed by atoms with Crippen LogP contribution in [-0.4, -0.2) is 48.4 Å². The Morgan fingerprint density at radius 3 is 2.85 bits per heavy atom. The van der Waals surface area contributed by atoms with Gasteiger partial charge < -0.3 is 20.2 Å². The van der Waals surface area contributed by atoms with Gasteiger partial charge >= 0.3 is 0 Å². The molecule has 0 atom stereocenters. The number of aromatic nitrogens is 5. The van der Waals surface area contributed by atoms with E-state index in [1.54, 1.807) is 17.7 Å². The Hall–Kier alpha value is -3.56. The molecule has 8 nitrogen and oxygen atoms in total. The maximum absolute atomic E-state index is 13.1. The summed E-state index contributed by atoms with van der Waals surface area (Å²) in [6.45, 7) is 5.24. The SMILES string of the molecule is CCC(=O)N[C@]1(C)C[C@H](Nc2ncc3c(-c4ccc5nc(C)n(CC(F)F)c5c4)c[nH]c3n2)C1. The molecular weight excluding hydrogens is 440 g/mol. The molecule has 1 saturated carbocycles. The number of aryl methyl sites for hydroxylation is 1. The number of anilines is 1. The number of rotatable bonds is 7. The van der Waals surface area contributed by atoms with Crippen LogP contribution in [0.3, 0.4) is 0 Å². The number of hydrogen-bond donors (Lipinski definition) is 3. The molecule has 0 bridgehead atoms. The molecule has 3 heterocycles. The van der Waals surface area contributed by atoms with E-state index < -0.39 is 6.43 Å². The molecule has 0 aliphatic heterocycles. The summed E-state index contributed by atoms with van der Waals surface area (Å²) in [5, 5.41) is 7.25. The molecule has 1 amide bonds. The highest BCUT2D eigenvalue weighted by Gasteiger charge is 2.41. The van der Waals surface area contributed by atoms with Gasteiger partial charge in [-0.05, 0) is 44.4 Å². The van der Waals surface area contributed by atoms with Gasteiger partial charge in [-0.25, -0.2) is 18.7 Å². The number of aromatic amines is 1. The number of nitrogens with one attached hydrogen (secondary N) is 3. The summed E-state index contributed by atoms with van der Waals surface area (Å²) in [4.78, 5) is 28.4. The number of fused-ring (bicyclic) bond motifs is 2. The lowest BCUT2D eigenvalue weighted by Crippen LogP contribution is -2.59. The first-order valence-corrected chi connectivity index (χ1v) is 11.4. The first kappa shape index (κ1) is 22.2. The average molecular weight is 468 g/mol. The van der Waals surface area contributed by atoms with Crippen molar-refractivity contribution in [2.24, 2.45) is 0 Å². The van der Waals surface area contributed by atoms with Gasteiger partial charge in [-0.1, -0.05) is 13.0 Å². The Bertz CT molecular complexity index is 1370. The average Bonchev–Trinajstić information content (AvgIpc) is 3.32. The fourth-order valence-corrected chi connectivity index (χ4v) is 4.83. The van der Waals surface area contributed by atoms with E-state index >= 15 is 0 Å². The number of amides is 1. The lowest BCUT2D eigenvalue weighted by atomic mass is 9.74. The second-order valence-corrected chi connectivity index (χ2v) is 9.23. The van der Waals surface area contributed by atoms with Crippen LogP contribution in [-0.2, 0) is 11.3 Å². The van der Waals surface area contributed by atoms with Crippen molar-refractivity contribution in [1.82, 2.24) is 29.8 Å². The highest BCUT2D eigenvalue weighted by molar-refractivity contribution is 5.95. The first-order valence-electron chi connectivity index (χ1n) is 11.4. The predicted octanol–water partition coefficient (Wildman–Crippen LogP) is 4.41. The van der Waals surface area contributed by atoms with Gasteiger partial charge in [0.05, 0.1) is 17.6 Å². The van der Waals surface area contributed by atoms with Crippen LogP contribution < -0.4 is 10.6 Å². The summed E-state index contributed by atoms with van der Waals surface area (Å²) in [5.41, 5.74) is 3.62. The molecule has 1 aliphatic rings. The summed E-state index contributed by atoms with van der Waals surface area (Å²) < 4.78 is 27.7. The number of nitrogens with zero attached hydrogens (tertiary/aromatic N) is 4. The fourth-order valence-electron chi connectivity index (χ4n) is 4.83. The Labute approximate surface area is 195 Å². The largest absolute Gasteiger partial charge is 0.351 e. The standard InChI is InChI=1S/C24H27F2N7O/c1-4-21(34)32-24(3)8-15(9-24)30-23-28-11-17-16(10-27-22(17)31-23)14-5-6-18-19(7-14)33(12-20(25)26)13(2)29-18/h5-7,10-11,15,20H,4,8-9,12H2,1-3H3,(H,32,34)(H2,27,28,30,31)/t15-,24+. The van der Waals surface area contributed by atoms with E-state index in [4.69, 9.17) is 0 Å². The molecule has 3 N–H and O–H groups in total. The van der Waals surface area contributed by atoms with Crippen LogP contribution in [0.15, 0.2) is 30.6 Å². The van der Waals surface area contributed by atoms with Crippen molar-refractivity contribution in [2.75, 3.05) is 5.32 Å². The van der Waals surface area contributed by atoms with Crippen molar-refractivity contribution in [2.45, 2.75) is 64.6 Å². The van der Waals surface area contributed by atoms with Crippen LogP contribution >= 0.6 is 0 Å². The zero-order valence-corrected chi connectivity index (χ0v) is 19.3. The van der Waals surface area contributed by atoms with Gasteiger partial charge in [-0.3, -0.25) is 4.79 Å². The highest BCUT2D eigenvalue weighted by Crippen LogP contribution is 2.35. The Kier molecular flexibility index (Phi) is 5.45. The Morgan fingerprint density at radius 1 is 1.32 bits per heavy atom. The maximum Gasteiger partial charge on any atom is 0.256 e. The van der Waals surface area contributed by atoms with Crippen LogP contribution in [0.25, 0.3) is 33.2 Å². The van der Waals surface area contributed by atoms with Gasteiger partial charge in [0, 0.05) is 41.3 Å². The van der Waals surface area contributed by atoms with Gasteiger partial charge in [-0.2, -0.15) is 4.98 Å². The minimum atomic E-state index is -2.45. The van der Waals surface area contributed by atoms with E-state index in [1.807, 2.05) is 38.2 Å². The smallest absolute Gasteiger partial charge is 0.256 e. The molecule has 5 rings (SSSR count). The topological polar surface area (TPSA) is 101 Å². The number of H-pyrrole nitrogens is 1. The minimum Gasteiger partial charge on any atom is -0.351 e. The normalized spacial score (nSPS) is 20.1. The lowest BCUT2D eigenvalue weighted by Gasteiger charge is -2.45. The van der Waals surface area contributed by atoms with E-state index in [2.05, 4.69) is 30.6 Å². The van der Waals surface area contributed by atoms with Crippen LogP contribution in [0.1, 0.15) is 38.9 Å². The molecule has 1 fully saturated rings. The molecule has 10 heteroatoms. The van der Waals surface area contributed by atoms with Gasteiger partial charge in [0.2, 0.25) is 11.9 Å². The van der Waals surface area contributed by atoms with Crippen LogP contribution in [0, 0.1) is 6.92 Å². The summed E-state index contributed by atoms with van der Waals surface area (Å²) >= 11 is 0. The van der Waals surface area contributed by atoms with Gasteiger partial charge in [0.25, 0.3) is 6.43 Å². The number of hydrogen-bond acceptors (Lipinski definition) is 5. The van der Waals surface area contributed by atoms with Crippen molar-refractivity contribution in [3.63, 3.8) is 0 Å². The third kappa shape index (κ3) is 4.08. The zero-order chi connectivity index (χ0) is 24.0. The van der Waals surface area contributed by atoms with Crippen LogP contribution in [0.4, 0.5) is 14.7 Å². The Morgan fingerprint density at radius 2 is 2.12 bits per heavy atom. The minimum absolute atomic E-state index is 0.0585. The molecule has 0 unspecified atom stereocenters. The van der Waals surface area contributed by atoms with E-state index in [1.165, 1.54) is 0 Å². The third-order valence-electron chi connectivity index (χ3n) is 6.49. The number of alkyl halides is 2. The lowest BCUT2D eigenvalue weighted by molar-refractivity contribution is -0.123.